The van der Waals surface area contributed by atoms with Gasteiger partial charge in [0.25, 0.3) is 0 Å². The van der Waals surface area contributed by atoms with E-state index in [9.17, 15) is 4.79 Å². The van der Waals surface area contributed by atoms with Crippen LogP contribution in [-0.2, 0) is 4.79 Å². The largest absolute Gasteiger partial charge is 0.495 e. The van der Waals surface area contributed by atoms with E-state index in [1.54, 1.807) is 7.11 Å². The molecular weight excluding hydrogens is 202 g/mol. The lowest BCUT2D eigenvalue weighted by Gasteiger charge is -2.32. The highest BCUT2D eigenvalue weighted by Crippen LogP contribution is 2.30. The fraction of sp³-hybridized carbons (Fsp3) is 0.462. The first-order chi connectivity index (χ1) is 7.72. The van der Waals surface area contributed by atoms with Crippen molar-refractivity contribution < 1.29 is 9.53 Å². The number of ether oxygens (including phenoxy) is 1. The zero-order valence-corrected chi connectivity index (χ0v) is 9.77. The number of methoxy groups -OCH3 is 1. The van der Waals surface area contributed by atoms with E-state index in [4.69, 9.17) is 4.74 Å². The van der Waals surface area contributed by atoms with Crippen LogP contribution in [0.25, 0.3) is 0 Å². The number of rotatable bonds is 2. The summed E-state index contributed by atoms with van der Waals surface area (Å²) in [5.41, 5.74) is 1.09. The Bertz CT molecular complexity index is 389. The molecule has 1 atom stereocenters. The number of nitrogens with zero attached hydrogens (tertiary/aromatic N) is 1. The van der Waals surface area contributed by atoms with Crippen molar-refractivity contribution in [3.8, 4) is 5.75 Å². The lowest BCUT2D eigenvalue weighted by atomic mass is 9.98. The van der Waals surface area contributed by atoms with E-state index < -0.39 is 0 Å². The van der Waals surface area contributed by atoms with Gasteiger partial charge in [-0.15, -0.1) is 0 Å². The lowest BCUT2D eigenvalue weighted by Crippen LogP contribution is -2.39. The number of ketones is 1. The highest BCUT2D eigenvalue weighted by atomic mass is 16.5. The SMILES string of the molecule is COc1ccccc1N1CCC(=O)C(C)C1. The highest BCUT2D eigenvalue weighted by molar-refractivity contribution is 5.83. The fourth-order valence-electron chi connectivity index (χ4n) is 2.13. The minimum Gasteiger partial charge on any atom is -0.495 e. The Labute approximate surface area is 96.0 Å². The predicted molar refractivity (Wildman–Crippen MR) is 64.0 cm³/mol. The van der Waals surface area contributed by atoms with E-state index in [-0.39, 0.29) is 5.92 Å². The predicted octanol–water partition coefficient (Wildman–Crippen LogP) is 2.11. The van der Waals surface area contributed by atoms with Crippen molar-refractivity contribution in [1.82, 2.24) is 0 Å². The number of carbonyl (C=O) groups excluding carboxylic acids is 1. The minimum absolute atomic E-state index is 0.124. The summed E-state index contributed by atoms with van der Waals surface area (Å²) in [6.45, 7) is 3.58. The van der Waals surface area contributed by atoms with Crippen LogP contribution in [0.1, 0.15) is 13.3 Å². The van der Waals surface area contributed by atoms with E-state index in [0.29, 0.717) is 12.2 Å². The second kappa shape index (κ2) is 4.56. The smallest absolute Gasteiger partial charge is 0.142 e. The van der Waals surface area contributed by atoms with Crippen molar-refractivity contribution >= 4 is 11.5 Å². The second-order valence-corrected chi connectivity index (χ2v) is 4.24. The Morgan fingerprint density at radius 3 is 2.81 bits per heavy atom. The monoisotopic (exact) mass is 219 g/mol. The van der Waals surface area contributed by atoms with Gasteiger partial charge < -0.3 is 9.64 Å². The fourth-order valence-corrected chi connectivity index (χ4v) is 2.13. The maximum atomic E-state index is 11.5. The van der Waals surface area contributed by atoms with E-state index in [2.05, 4.69) is 4.90 Å². The molecule has 1 saturated heterocycles. The number of Topliss-reactive ketones (excluding diaryl/α,β-unsaturated/α-hetero) is 1. The first-order valence-electron chi connectivity index (χ1n) is 5.63. The van der Waals surface area contributed by atoms with Crippen molar-refractivity contribution in [1.29, 1.82) is 0 Å². The summed E-state index contributed by atoms with van der Waals surface area (Å²) < 4.78 is 5.33. The number of anilines is 1. The standard InChI is InChI=1S/C13H17NO2/c1-10-9-14(8-7-12(10)15)11-5-3-4-6-13(11)16-2/h3-6,10H,7-9H2,1-2H3. The highest BCUT2D eigenvalue weighted by Gasteiger charge is 2.24. The lowest BCUT2D eigenvalue weighted by molar-refractivity contribution is -0.122. The third-order valence-corrected chi connectivity index (χ3v) is 3.10. The molecule has 1 aromatic rings. The Hall–Kier alpha value is -1.51. The average molecular weight is 219 g/mol. The van der Waals surface area contributed by atoms with Crippen LogP contribution in [-0.4, -0.2) is 26.0 Å². The molecule has 0 aliphatic carbocycles. The van der Waals surface area contributed by atoms with Gasteiger partial charge in [0.1, 0.15) is 11.5 Å². The van der Waals surface area contributed by atoms with Crippen LogP contribution in [0.15, 0.2) is 24.3 Å². The van der Waals surface area contributed by atoms with Gasteiger partial charge in [-0.05, 0) is 12.1 Å². The van der Waals surface area contributed by atoms with E-state index in [1.807, 2.05) is 31.2 Å². The summed E-state index contributed by atoms with van der Waals surface area (Å²) >= 11 is 0. The van der Waals surface area contributed by atoms with E-state index in [0.717, 1.165) is 24.5 Å². The van der Waals surface area contributed by atoms with Crippen molar-refractivity contribution in [2.75, 3.05) is 25.1 Å². The number of hydrogen-bond donors (Lipinski definition) is 0. The molecule has 3 heteroatoms. The normalized spacial score (nSPS) is 21.0. The number of carbonyl (C=O) groups is 1. The van der Waals surface area contributed by atoms with E-state index >= 15 is 0 Å². The number of para-hydroxylation sites is 2. The zero-order chi connectivity index (χ0) is 11.5. The molecular formula is C13H17NO2. The molecule has 86 valence electrons. The molecule has 0 N–H and O–H groups in total. The molecule has 1 heterocycles. The maximum Gasteiger partial charge on any atom is 0.142 e. The van der Waals surface area contributed by atoms with Crippen molar-refractivity contribution in [2.24, 2.45) is 5.92 Å². The van der Waals surface area contributed by atoms with Crippen LogP contribution in [0.4, 0.5) is 5.69 Å². The van der Waals surface area contributed by atoms with Crippen LogP contribution in [0.2, 0.25) is 0 Å². The molecule has 1 aromatic carbocycles. The zero-order valence-electron chi connectivity index (χ0n) is 9.77. The van der Waals surface area contributed by atoms with Crippen molar-refractivity contribution in [3.05, 3.63) is 24.3 Å². The second-order valence-electron chi connectivity index (χ2n) is 4.24. The molecule has 0 saturated carbocycles. The van der Waals surface area contributed by atoms with Gasteiger partial charge in [-0.1, -0.05) is 19.1 Å². The molecule has 0 radical (unpaired) electrons. The third kappa shape index (κ3) is 2.03. The topological polar surface area (TPSA) is 29.5 Å². The van der Waals surface area contributed by atoms with Crippen LogP contribution in [0.5, 0.6) is 5.75 Å². The minimum atomic E-state index is 0.124. The quantitative estimate of drug-likeness (QED) is 0.763. The molecule has 2 rings (SSSR count). The summed E-state index contributed by atoms with van der Waals surface area (Å²) in [5, 5.41) is 0. The first-order valence-corrected chi connectivity index (χ1v) is 5.63. The first kappa shape index (κ1) is 11.0. The Kier molecular flexibility index (Phi) is 3.13. The van der Waals surface area contributed by atoms with E-state index in [1.165, 1.54) is 0 Å². The van der Waals surface area contributed by atoms with Crippen LogP contribution in [0.3, 0.4) is 0 Å². The summed E-state index contributed by atoms with van der Waals surface area (Å²) in [6.07, 6.45) is 0.638. The Morgan fingerprint density at radius 2 is 2.12 bits per heavy atom. The summed E-state index contributed by atoms with van der Waals surface area (Å²) in [5.74, 6) is 1.37. The van der Waals surface area contributed by atoms with Crippen LogP contribution < -0.4 is 9.64 Å². The molecule has 1 fully saturated rings. The molecule has 0 aromatic heterocycles. The molecule has 16 heavy (non-hydrogen) atoms. The number of hydrogen-bond acceptors (Lipinski definition) is 3. The average Bonchev–Trinajstić information content (AvgIpc) is 2.32. The van der Waals surface area contributed by atoms with Gasteiger partial charge in [0.2, 0.25) is 0 Å². The van der Waals surface area contributed by atoms with Crippen LogP contribution in [0, 0.1) is 5.92 Å². The Morgan fingerprint density at radius 1 is 1.38 bits per heavy atom. The van der Waals surface area contributed by atoms with Gasteiger partial charge >= 0.3 is 0 Å². The van der Waals surface area contributed by atoms with Crippen molar-refractivity contribution in [2.45, 2.75) is 13.3 Å². The third-order valence-electron chi connectivity index (χ3n) is 3.10. The molecule has 3 nitrogen and oxygen atoms in total. The maximum absolute atomic E-state index is 11.5. The summed E-state index contributed by atoms with van der Waals surface area (Å²) in [7, 11) is 1.68. The molecule has 1 unspecified atom stereocenters. The van der Waals surface area contributed by atoms with Gasteiger partial charge in [0, 0.05) is 25.4 Å². The van der Waals surface area contributed by atoms with Crippen molar-refractivity contribution in [3.63, 3.8) is 0 Å². The van der Waals surface area contributed by atoms with Gasteiger partial charge in [0.15, 0.2) is 0 Å². The molecule has 0 spiro atoms. The summed E-state index contributed by atoms with van der Waals surface area (Å²) in [6, 6.07) is 7.96. The van der Waals surface area contributed by atoms with Gasteiger partial charge in [-0.3, -0.25) is 4.79 Å². The Balaban J connectivity index is 2.21. The van der Waals surface area contributed by atoms with Gasteiger partial charge in [-0.25, -0.2) is 0 Å². The molecule has 1 aliphatic rings. The van der Waals surface area contributed by atoms with Crippen LogP contribution >= 0.6 is 0 Å². The number of piperidine rings is 1. The number of benzene rings is 1. The molecule has 1 aliphatic heterocycles. The molecule has 0 amide bonds. The van der Waals surface area contributed by atoms with Gasteiger partial charge in [-0.2, -0.15) is 0 Å². The summed E-state index contributed by atoms with van der Waals surface area (Å²) in [4.78, 5) is 13.7. The van der Waals surface area contributed by atoms with Gasteiger partial charge in [0.05, 0.1) is 12.8 Å². The molecule has 0 bridgehead atoms.